The van der Waals surface area contributed by atoms with Crippen LogP contribution in [-0.4, -0.2) is 31.7 Å². The van der Waals surface area contributed by atoms with Gasteiger partial charge in [-0.2, -0.15) is 13.2 Å². The van der Waals surface area contributed by atoms with Gasteiger partial charge in [-0.3, -0.25) is 4.79 Å². The molecule has 11 heteroatoms. The quantitative estimate of drug-likeness (QED) is 0.607. The lowest BCUT2D eigenvalue weighted by Gasteiger charge is -2.29. The molecular formula is C18H16F4N4O2S. The number of hydrogen-bond donors (Lipinski definition) is 2. The molecule has 0 saturated carbocycles. The molecule has 2 aromatic heterocycles. The van der Waals surface area contributed by atoms with Crippen molar-refractivity contribution in [1.82, 2.24) is 14.5 Å². The number of halogens is 4. The van der Waals surface area contributed by atoms with Gasteiger partial charge in [0.2, 0.25) is 11.5 Å². The number of imidazole rings is 1. The van der Waals surface area contributed by atoms with Gasteiger partial charge in [-0.15, -0.1) is 11.3 Å². The van der Waals surface area contributed by atoms with Crippen LogP contribution >= 0.6 is 11.3 Å². The number of aryl methyl sites for hydroxylation is 2. The first-order valence-electron chi connectivity index (χ1n) is 8.31. The van der Waals surface area contributed by atoms with Gasteiger partial charge in [0.05, 0.1) is 12.1 Å². The van der Waals surface area contributed by atoms with Crippen molar-refractivity contribution in [2.24, 2.45) is 7.05 Å². The van der Waals surface area contributed by atoms with E-state index in [1.54, 1.807) is 6.92 Å². The average Bonchev–Trinajstić information content (AvgIpc) is 3.20. The summed E-state index contributed by atoms with van der Waals surface area (Å²) in [5.74, 6) is -2.19. The largest absolute Gasteiger partial charge is 0.425 e. The molecule has 1 amide bonds. The van der Waals surface area contributed by atoms with Gasteiger partial charge in [-0.25, -0.2) is 14.4 Å². The Labute approximate surface area is 166 Å². The van der Waals surface area contributed by atoms with Gasteiger partial charge >= 0.3 is 6.18 Å². The number of carbonyl (C=O) groups is 1. The predicted octanol–water partition coefficient (Wildman–Crippen LogP) is 3.77. The molecule has 3 aromatic rings. The van der Waals surface area contributed by atoms with Crippen LogP contribution in [0.3, 0.4) is 0 Å². The van der Waals surface area contributed by atoms with Crippen LogP contribution in [0.4, 0.5) is 22.7 Å². The van der Waals surface area contributed by atoms with Crippen molar-refractivity contribution in [3.63, 3.8) is 0 Å². The number of aliphatic hydroxyl groups is 1. The Morgan fingerprint density at radius 2 is 1.93 bits per heavy atom. The highest BCUT2D eigenvalue weighted by molar-refractivity contribution is 7.16. The van der Waals surface area contributed by atoms with Crippen molar-refractivity contribution < 1.29 is 27.5 Å². The van der Waals surface area contributed by atoms with E-state index in [-0.39, 0.29) is 5.13 Å². The number of alkyl halides is 3. The van der Waals surface area contributed by atoms with Gasteiger partial charge in [0.25, 0.3) is 0 Å². The molecule has 0 aliphatic carbocycles. The van der Waals surface area contributed by atoms with E-state index < -0.39 is 35.7 Å². The predicted molar refractivity (Wildman–Crippen MR) is 98.7 cm³/mol. The number of carbonyl (C=O) groups excluding carboxylic acids is 1. The van der Waals surface area contributed by atoms with Gasteiger partial charge in [0.15, 0.2) is 11.0 Å². The highest BCUT2D eigenvalue weighted by Gasteiger charge is 2.58. The van der Waals surface area contributed by atoms with E-state index in [0.717, 1.165) is 22.1 Å². The molecule has 0 fully saturated rings. The molecule has 0 aliphatic heterocycles. The SMILES string of the molecule is Cc1sc(NC(=O)CC(O)(c2nccn2C)C(F)(F)F)nc1-c1ccc(F)cc1. The maximum atomic E-state index is 13.5. The Kier molecular flexibility index (Phi) is 5.46. The van der Waals surface area contributed by atoms with Gasteiger partial charge in [0.1, 0.15) is 5.82 Å². The molecule has 6 nitrogen and oxygen atoms in total. The number of nitrogens with zero attached hydrogens (tertiary/aromatic N) is 3. The zero-order chi connectivity index (χ0) is 21.4. The second kappa shape index (κ2) is 7.56. The molecule has 2 heterocycles. The zero-order valence-corrected chi connectivity index (χ0v) is 16.1. The summed E-state index contributed by atoms with van der Waals surface area (Å²) in [5, 5.41) is 12.6. The van der Waals surface area contributed by atoms with Crippen LogP contribution in [0.2, 0.25) is 0 Å². The minimum atomic E-state index is -5.12. The van der Waals surface area contributed by atoms with E-state index in [4.69, 9.17) is 0 Å². The normalized spacial score (nSPS) is 13.9. The lowest BCUT2D eigenvalue weighted by Crippen LogP contribution is -2.46. The molecule has 3 rings (SSSR count). The van der Waals surface area contributed by atoms with Crippen molar-refractivity contribution in [2.75, 3.05) is 5.32 Å². The number of hydrogen-bond acceptors (Lipinski definition) is 5. The summed E-state index contributed by atoms with van der Waals surface area (Å²) in [6.07, 6.45) is -4.07. The fourth-order valence-electron chi connectivity index (χ4n) is 2.79. The van der Waals surface area contributed by atoms with E-state index in [1.165, 1.54) is 37.5 Å². The third-order valence-corrected chi connectivity index (χ3v) is 5.12. The van der Waals surface area contributed by atoms with Crippen molar-refractivity contribution >= 4 is 22.4 Å². The lowest BCUT2D eigenvalue weighted by molar-refractivity contribution is -0.270. The summed E-state index contributed by atoms with van der Waals surface area (Å²) in [6.45, 7) is 1.71. The molecule has 0 spiro atoms. The van der Waals surface area contributed by atoms with Gasteiger partial charge < -0.3 is 15.0 Å². The molecular weight excluding hydrogens is 412 g/mol. The topological polar surface area (TPSA) is 80.0 Å². The number of aromatic nitrogens is 3. The standard InChI is InChI=1S/C18H16F4N4O2S/c1-10-14(11-3-5-12(19)6-4-11)25-16(29-10)24-13(27)9-17(28,18(20,21)22)15-23-7-8-26(15)2/h3-8,28H,9H2,1-2H3,(H,24,25,27). The van der Waals surface area contributed by atoms with E-state index in [2.05, 4.69) is 15.3 Å². The summed E-state index contributed by atoms with van der Waals surface area (Å²) in [6, 6.07) is 5.52. The third kappa shape index (κ3) is 4.15. The first-order chi connectivity index (χ1) is 13.5. The Balaban J connectivity index is 1.82. The summed E-state index contributed by atoms with van der Waals surface area (Å²) in [4.78, 5) is 20.7. The second-order valence-corrected chi connectivity index (χ2v) is 7.58. The minimum absolute atomic E-state index is 0.0659. The van der Waals surface area contributed by atoms with Crippen LogP contribution in [0.15, 0.2) is 36.7 Å². The summed E-state index contributed by atoms with van der Waals surface area (Å²) >= 11 is 1.06. The molecule has 1 unspecified atom stereocenters. The first-order valence-corrected chi connectivity index (χ1v) is 9.13. The Hall–Kier alpha value is -2.79. The van der Waals surface area contributed by atoms with Crippen molar-refractivity contribution in [1.29, 1.82) is 0 Å². The Morgan fingerprint density at radius 3 is 2.48 bits per heavy atom. The van der Waals surface area contributed by atoms with Crippen LogP contribution < -0.4 is 5.32 Å². The van der Waals surface area contributed by atoms with Crippen molar-refractivity contribution in [2.45, 2.75) is 25.1 Å². The smallest absolute Gasteiger partial charge is 0.374 e. The van der Waals surface area contributed by atoms with Crippen LogP contribution in [0, 0.1) is 12.7 Å². The number of anilines is 1. The molecule has 2 N–H and O–H groups in total. The van der Waals surface area contributed by atoms with Crippen molar-refractivity contribution in [3.05, 3.63) is 53.2 Å². The van der Waals surface area contributed by atoms with Gasteiger partial charge in [-0.1, -0.05) is 0 Å². The monoisotopic (exact) mass is 428 g/mol. The fourth-order valence-corrected chi connectivity index (χ4v) is 3.64. The molecule has 0 bridgehead atoms. The highest BCUT2D eigenvalue weighted by Crippen LogP contribution is 2.41. The Morgan fingerprint density at radius 1 is 1.28 bits per heavy atom. The van der Waals surface area contributed by atoms with E-state index in [0.29, 0.717) is 16.1 Å². The molecule has 0 aliphatic rings. The third-order valence-electron chi connectivity index (χ3n) is 4.24. The lowest BCUT2D eigenvalue weighted by atomic mass is 9.97. The van der Waals surface area contributed by atoms with E-state index >= 15 is 0 Å². The summed E-state index contributed by atoms with van der Waals surface area (Å²) in [5.41, 5.74) is -2.39. The van der Waals surface area contributed by atoms with Gasteiger partial charge in [0, 0.05) is 29.9 Å². The molecule has 0 saturated heterocycles. The van der Waals surface area contributed by atoms with Crippen LogP contribution in [0.5, 0.6) is 0 Å². The minimum Gasteiger partial charge on any atom is -0.374 e. The number of benzene rings is 1. The highest BCUT2D eigenvalue weighted by atomic mass is 32.1. The Bertz CT molecular complexity index is 1030. The number of nitrogens with one attached hydrogen (secondary N) is 1. The second-order valence-electron chi connectivity index (χ2n) is 6.38. The van der Waals surface area contributed by atoms with E-state index in [9.17, 15) is 27.5 Å². The molecule has 154 valence electrons. The zero-order valence-electron chi connectivity index (χ0n) is 15.3. The molecule has 1 atom stereocenters. The average molecular weight is 428 g/mol. The maximum absolute atomic E-state index is 13.5. The first kappa shape index (κ1) is 20.9. The summed E-state index contributed by atoms with van der Waals surface area (Å²) in [7, 11) is 1.29. The van der Waals surface area contributed by atoms with Crippen LogP contribution in [0.25, 0.3) is 11.3 Å². The molecule has 1 aromatic carbocycles. The number of thiazole rings is 1. The van der Waals surface area contributed by atoms with Crippen molar-refractivity contribution in [3.8, 4) is 11.3 Å². The molecule has 29 heavy (non-hydrogen) atoms. The molecule has 0 radical (unpaired) electrons. The van der Waals surface area contributed by atoms with E-state index in [1.807, 2.05) is 0 Å². The fraction of sp³-hybridized carbons (Fsp3) is 0.278. The van der Waals surface area contributed by atoms with Gasteiger partial charge in [-0.05, 0) is 31.2 Å². The number of amides is 1. The van der Waals surface area contributed by atoms with Crippen LogP contribution in [-0.2, 0) is 17.4 Å². The number of rotatable bonds is 5. The van der Waals surface area contributed by atoms with Crippen LogP contribution in [0.1, 0.15) is 17.1 Å². The summed E-state index contributed by atoms with van der Waals surface area (Å²) < 4.78 is 54.7. The maximum Gasteiger partial charge on any atom is 0.425 e.